The molecule has 1 aliphatic heterocycles. The van der Waals surface area contributed by atoms with Gasteiger partial charge in [-0.25, -0.2) is 0 Å². The number of Topliss-reactive ketones (excluding diaryl/α,β-unsaturated/α-hetero) is 1. The van der Waals surface area contributed by atoms with Crippen LogP contribution in [0.1, 0.15) is 27.0 Å². The second-order valence-corrected chi connectivity index (χ2v) is 8.02. The number of nitro benzene ring substituents is 1. The highest BCUT2D eigenvalue weighted by atomic mass is 79.9. The number of carbonyl (C=O) groups is 1. The minimum absolute atomic E-state index is 0.0239. The minimum Gasteiger partial charge on any atom is -0.496 e. The third-order valence-corrected chi connectivity index (χ3v) is 5.55. The Bertz CT molecular complexity index is 1250. The number of ether oxygens (including phenoxy) is 3. The van der Waals surface area contributed by atoms with Gasteiger partial charge < -0.3 is 14.2 Å². The molecule has 0 N–H and O–H groups in total. The van der Waals surface area contributed by atoms with E-state index in [9.17, 15) is 14.9 Å². The fraction of sp³-hybridized carbons (Fsp3) is 0.125. The van der Waals surface area contributed by atoms with Crippen molar-refractivity contribution in [1.82, 2.24) is 0 Å². The molecule has 8 heteroatoms. The number of ketones is 1. The van der Waals surface area contributed by atoms with Crippen LogP contribution in [0.15, 0.2) is 64.8 Å². The number of carbonyl (C=O) groups excluding carboxylic acids is 1. The Morgan fingerprint density at radius 3 is 2.50 bits per heavy atom. The van der Waals surface area contributed by atoms with Crippen molar-refractivity contribution in [2.24, 2.45) is 0 Å². The first-order valence-electron chi connectivity index (χ1n) is 9.65. The molecule has 0 atom stereocenters. The Hall–Kier alpha value is -3.65. The molecule has 32 heavy (non-hydrogen) atoms. The third-order valence-electron chi connectivity index (χ3n) is 5.06. The molecule has 3 aromatic carbocycles. The van der Waals surface area contributed by atoms with Gasteiger partial charge in [0.15, 0.2) is 5.76 Å². The lowest BCUT2D eigenvalue weighted by Crippen LogP contribution is -1.99. The number of halogens is 1. The van der Waals surface area contributed by atoms with E-state index in [4.69, 9.17) is 14.2 Å². The van der Waals surface area contributed by atoms with E-state index in [1.54, 1.807) is 43.5 Å². The summed E-state index contributed by atoms with van der Waals surface area (Å²) in [5, 5.41) is 10.8. The van der Waals surface area contributed by atoms with Crippen LogP contribution in [0.2, 0.25) is 0 Å². The SMILES string of the molecule is COc1ccc(Br)cc1/C=C1\Oc2c(ccc(OCc3ccc([N+](=O)[O-])cc3)c2C)C1=O. The number of hydrogen-bond acceptors (Lipinski definition) is 6. The maximum Gasteiger partial charge on any atom is 0.269 e. The van der Waals surface area contributed by atoms with Crippen molar-refractivity contribution in [3.05, 3.63) is 97.2 Å². The number of non-ortho nitro benzene ring substituents is 1. The lowest BCUT2D eigenvalue weighted by Gasteiger charge is -2.11. The van der Waals surface area contributed by atoms with Crippen molar-refractivity contribution in [3.8, 4) is 17.2 Å². The molecule has 0 unspecified atom stereocenters. The number of fused-ring (bicyclic) bond motifs is 1. The monoisotopic (exact) mass is 495 g/mol. The van der Waals surface area contributed by atoms with Crippen molar-refractivity contribution in [3.63, 3.8) is 0 Å². The summed E-state index contributed by atoms with van der Waals surface area (Å²) in [6, 6.07) is 15.1. The summed E-state index contributed by atoms with van der Waals surface area (Å²) in [4.78, 5) is 23.2. The highest BCUT2D eigenvalue weighted by Gasteiger charge is 2.30. The average Bonchev–Trinajstić information content (AvgIpc) is 3.10. The van der Waals surface area contributed by atoms with Gasteiger partial charge in [0.2, 0.25) is 5.78 Å². The molecule has 0 spiro atoms. The molecule has 4 rings (SSSR count). The third kappa shape index (κ3) is 4.22. The van der Waals surface area contributed by atoms with Gasteiger partial charge in [-0.2, -0.15) is 0 Å². The average molecular weight is 496 g/mol. The zero-order chi connectivity index (χ0) is 22.8. The summed E-state index contributed by atoms with van der Waals surface area (Å²) in [5.74, 6) is 1.63. The number of allylic oxidation sites excluding steroid dienone is 1. The molecule has 0 amide bonds. The lowest BCUT2D eigenvalue weighted by atomic mass is 10.1. The van der Waals surface area contributed by atoms with Crippen LogP contribution in [0, 0.1) is 17.0 Å². The molecule has 0 bridgehead atoms. The van der Waals surface area contributed by atoms with Crippen molar-refractivity contribution >= 4 is 33.5 Å². The van der Waals surface area contributed by atoms with Crippen LogP contribution >= 0.6 is 15.9 Å². The van der Waals surface area contributed by atoms with Crippen molar-refractivity contribution in [2.75, 3.05) is 7.11 Å². The molecule has 3 aromatic rings. The fourth-order valence-corrected chi connectivity index (χ4v) is 3.74. The fourth-order valence-electron chi connectivity index (χ4n) is 3.36. The summed E-state index contributed by atoms with van der Waals surface area (Å²) in [6.07, 6.45) is 1.66. The molecular weight excluding hydrogens is 478 g/mol. The van der Waals surface area contributed by atoms with Gasteiger partial charge in [0.05, 0.1) is 17.6 Å². The van der Waals surface area contributed by atoms with Crippen molar-refractivity contribution in [2.45, 2.75) is 13.5 Å². The zero-order valence-electron chi connectivity index (χ0n) is 17.3. The number of methoxy groups -OCH3 is 1. The highest BCUT2D eigenvalue weighted by Crippen LogP contribution is 2.40. The predicted molar refractivity (Wildman–Crippen MR) is 122 cm³/mol. The van der Waals surface area contributed by atoms with Crippen LogP contribution in [0.3, 0.4) is 0 Å². The zero-order valence-corrected chi connectivity index (χ0v) is 18.8. The molecule has 0 radical (unpaired) electrons. The summed E-state index contributed by atoms with van der Waals surface area (Å²) in [7, 11) is 1.57. The minimum atomic E-state index is -0.446. The van der Waals surface area contributed by atoms with E-state index in [0.717, 1.165) is 10.0 Å². The maximum atomic E-state index is 12.9. The molecule has 1 aliphatic rings. The Balaban J connectivity index is 1.56. The molecule has 1 heterocycles. The van der Waals surface area contributed by atoms with E-state index >= 15 is 0 Å². The highest BCUT2D eigenvalue weighted by molar-refractivity contribution is 9.10. The molecule has 7 nitrogen and oxygen atoms in total. The van der Waals surface area contributed by atoms with Gasteiger partial charge in [-0.3, -0.25) is 14.9 Å². The first-order chi connectivity index (χ1) is 15.4. The second kappa shape index (κ2) is 8.84. The standard InChI is InChI=1S/C24H18BrNO6/c1-14-20(31-13-15-3-6-18(7-4-15)26(28)29)10-8-19-23(27)22(32-24(14)19)12-16-11-17(25)5-9-21(16)30-2/h3-12H,13H2,1-2H3/b22-12-. The smallest absolute Gasteiger partial charge is 0.269 e. The van der Waals surface area contributed by atoms with Crippen molar-refractivity contribution in [1.29, 1.82) is 0 Å². The molecular formula is C24H18BrNO6. The molecule has 0 saturated heterocycles. The number of rotatable bonds is 6. The Labute approximate surface area is 192 Å². The Kier molecular flexibility index (Phi) is 5.96. The Morgan fingerprint density at radius 1 is 1.09 bits per heavy atom. The molecule has 0 fully saturated rings. The summed E-state index contributed by atoms with van der Waals surface area (Å²) in [6.45, 7) is 2.05. The lowest BCUT2D eigenvalue weighted by molar-refractivity contribution is -0.384. The normalized spacial score (nSPS) is 13.6. The quantitative estimate of drug-likeness (QED) is 0.241. The predicted octanol–water partition coefficient (Wildman–Crippen LogP) is 5.87. The van der Waals surface area contributed by atoms with Gasteiger partial charge in [-0.05, 0) is 61.0 Å². The van der Waals surface area contributed by atoms with E-state index in [1.807, 2.05) is 19.1 Å². The van der Waals surface area contributed by atoms with Gasteiger partial charge in [0, 0.05) is 27.7 Å². The largest absolute Gasteiger partial charge is 0.496 e. The molecule has 162 valence electrons. The van der Waals surface area contributed by atoms with Crippen LogP contribution in [0.25, 0.3) is 6.08 Å². The number of nitrogens with zero attached hydrogens (tertiary/aromatic N) is 1. The summed E-state index contributed by atoms with van der Waals surface area (Å²) in [5.41, 5.74) is 2.68. The van der Waals surface area contributed by atoms with E-state index in [-0.39, 0.29) is 23.8 Å². The van der Waals surface area contributed by atoms with E-state index in [1.165, 1.54) is 12.1 Å². The van der Waals surface area contributed by atoms with Gasteiger partial charge in [-0.1, -0.05) is 15.9 Å². The second-order valence-electron chi connectivity index (χ2n) is 7.10. The van der Waals surface area contributed by atoms with Crippen LogP contribution in [-0.4, -0.2) is 17.8 Å². The van der Waals surface area contributed by atoms with Crippen LogP contribution < -0.4 is 14.2 Å². The van der Waals surface area contributed by atoms with Gasteiger partial charge in [0.1, 0.15) is 23.9 Å². The number of benzene rings is 3. The first kappa shape index (κ1) is 21.6. The van der Waals surface area contributed by atoms with Gasteiger partial charge >= 0.3 is 0 Å². The maximum absolute atomic E-state index is 12.9. The van der Waals surface area contributed by atoms with Crippen LogP contribution in [-0.2, 0) is 6.61 Å². The summed E-state index contributed by atoms with van der Waals surface area (Å²) >= 11 is 3.43. The van der Waals surface area contributed by atoms with Crippen LogP contribution in [0.4, 0.5) is 5.69 Å². The molecule has 0 saturated carbocycles. The molecule has 0 aromatic heterocycles. The number of nitro groups is 1. The van der Waals surface area contributed by atoms with E-state index < -0.39 is 4.92 Å². The van der Waals surface area contributed by atoms with Gasteiger partial charge in [0.25, 0.3) is 5.69 Å². The Morgan fingerprint density at radius 2 is 1.81 bits per heavy atom. The van der Waals surface area contributed by atoms with Crippen molar-refractivity contribution < 1.29 is 23.9 Å². The summed E-state index contributed by atoms with van der Waals surface area (Å²) < 4.78 is 18.0. The van der Waals surface area contributed by atoms with Gasteiger partial charge in [-0.15, -0.1) is 0 Å². The van der Waals surface area contributed by atoms with E-state index in [2.05, 4.69) is 15.9 Å². The van der Waals surface area contributed by atoms with E-state index in [0.29, 0.717) is 33.9 Å². The molecule has 0 aliphatic carbocycles. The first-order valence-corrected chi connectivity index (χ1v) is 10.4. The topological polar surface area (TPSA) is 87.9 Å². The number of hydrogen-bond donors (Lipinski definition) is 0. The van der Waals surface area contributed by atoms with Crippen LogP contribution in [0.5, 0.6) is 17.2 Å².